The summed E-state index contributed by atoms with van der Waals surface area (Å²) in [7, 11) is -5.13. The van der Waals surface area contributed by atoms with E-state index in [4.69, 9.17) is 18.5 Å². The Hall–Kier alpha value is -1.93. The maximum Gasteiger partial charge on any atom is 0.472 e. The van der Waals surface area contributed by atoms with Gasteiger partial charge in [0.1, 0.15) is 43.2 Å². The number of ether oxygens (including phenoxy) is 2. The minimum absolute atomic E-state index is 0.0786. The van der Waals surface area contributed by atoms with Gasteiger partial charge in [-0.25, -0.2) is 4.57 Å². The number of phosphoric acid groups is 1. The second-order valence-electron chi connectivity index (χ2n) is 16.6. The molecule has 356 valence electrons. The van der Waals surface area contributed by atoms with E-state index in [1.165, 1.54) is 96.3 Å². The first kappa shape index (κ1) is 57.1. The van der Waals surface area contributed by atoms with Crippen molar-refractivity contribution < 1.29 is 63.1 Å². The van der Waals surface area contributed by atoms with Crippen molar-refractivity contribution in [3.63, 3.8) is 0 Å². The number of rotatable bonds is 39. The van der Waals surface area contributed by atoms with Crippen LogP contribution in [0, 0.1) is 0 Å². The van der Waals surface area contributed by atoms with Gasteiger partial charge in [0, 0.05) is 12.8 Å². The molecule has 0 aromatic heterocycles. The van der Waals surface area contributed by atoms with Gasteiger partial charge in [-0.3, -0.25) is 18.6 Å². The van der Waals surface area contributed by atoms with Gasteiger partial charge in [-0.15, -0.1) is 0 Å². The Balaban J connectivity index is 2.48. The number of carbonyl (C=O) groups is 2. The molecule has 8 atom stereocenters. The van der Waals surface area contributed by atoms with Crippen LogP contribution in [0.3, 0.4) is 0 Å². The molecule has 1 rings (SSSR count). The van der Waals surface area contributed by atoms with E-state index < -0.39 is 75.7 Å². The van der Waals surface area contributed by atoms with E-state index in [1.54, 1.807) is 0 Å². The molecule has 6 N–H and O–H groups in total. The van der Waals surface area contributed by atoms with E-state index in [2.05, 4.69) is 44.2 Å². The van der Waals surface area contributed by atoms with Gasteiger partial charge in [-0.2, -0.15) is 0 Å². The second kappa shape index (κ2) is 37.4. The van der Waals surface area contributed by atoms with Crippen molar-refractivity contribution in [3.8, 4) is 0 Å². The smallest absolute Gasteiger partial charge is 0.462 e. The zero-order chi connectivity index (χ0) is 45.0. The number of carbonyl (C=O) groups excluding carboxylic acids is 2. The van der Waals surface area contributed by atoms with Crippen LogP contribution in [-0.2, 0) is 32.7 Å². The molecule has 14 heteroatoms. The summed E-state index contributed by atoms with van der Waals surface area (Å²) >= 11 is 0. The molecule has 0 spiro atoms. The number of hydrogen-bond acceptors (Lipinski definition) is 12. The van der Waals surface area contributed by atoms with Crippen molar-refractivity contribution in [2.75, 3.05) is 13.2 Å². The fourth-order valence-electron chi connectivity index (χ4n) is 7.09. The van der Waals surface area contributed by atoms with Gasteiger partial charge < -0.3 is 39.9 Å². The zero-order valence-electron chi connectivity index (χ0n) is 37.7. The van der Waals surface area contributed by atoms with Gasteiger partial charge >= 0.3 is 19.8 Å². The van der Waals surface area contributed by atoms with Crippen LogP contribution < -0.4 is 0 Å². The molecule has 61 heavy (non-hydrogen) atoms. The van der Waals surface area contributed by atoms with Crippen molar-refractivity contribution in [1.29, 1.82) is 0 Å². The van der Waals surface area contributed by atoms with Crippen LogP contribution in [0.1, 0.15) is 194 Å². The highest BCUT2D eigenvalue weighted by molar-refractivity contribution is 7.47. The SMILES string of the molecule is CCCCCCCC/C=C/CCCCCCCC(=O)O[C@@H](COC(=O)CCC/C=C/C/C=C/CCCCCCCCCCC)COP(=O)(O)OC1C(O)C(O)C(O)[C@H](O)C1O. The standard InChI is InChI=1S/C47H85O13P/c1-3-5-7-9-11-13-15-17-19-20-22-23-25-27-29-31-33-35-40(48)57-37-39(38-58-61(55,56)60-47-45(53)43(51)42(50)44(52)46(47)54)59-41(49)36-34-32-30-28-26-24-21-18-16-14-12-10-8-6-4-2/h18,21-23,27,29,39,42-47,50-54H,3-17,19-20,24-26,28,30-38H2,1-2H3,(H,55,56)/b21-18+,23-22+,29-27+/t39-,42?,43-,44?,45?,46?,47?/m0/s1. The first-order chi connectivity index (χ1) is 29.4. The van der Waals surface area contributed by atoms with Crippen molar-refractivity contribution in [1.82, 2.24) is 0 Å². The topological polar surface area (TPSA) is 210 Å². The Bertz CT molecular complexity index is 1210. The van der Waals surface area contributed by atoms with E-state index >= 15 is 0 Å². The summed E-state index contributed by atoms with van der Waals surface area (Å²) in [6.07, 6.45) is 29.2. The van der Waals surface area contributed by atoms with E-state index in [0.29, 0.717) is 19.3 Å². The number of hydrogen-bond donors (Lipinski definition) is 6. The van der Waals surface area contributed by atoms with Crippen LogP contribution in [0.15, 0.2) is 36.5 Å². The van der Waals surface area contributed by atoms with Gasteiger partial charge in [-0.1, -0.05) is 153 Å². The largest absolute Gasteiger partial charge is 0.472 e. The van der Waals surface area contributed by atoms with Gasteiger partial charge in [0.25, 0.3) is 0 Å². The fourth-order valence-corrected chi connectivity index (χ4v) is 8.06. The Morgan fingerprint density at radius 3 is 1.39 bits per heavy atom. The molecular formula is C47H85O13P. The highest BCUT2D eigenvalue weighted by Gasteiger charge is 2.51. The number of unbranched alkanes of at least 4 members (excludes halogenated alkanes) is 21. The third-order valence-corrected chi connectivity index (χ3v) is 11.9. The second-order valence-corrected chi connectivity index (χ2v) is 18.0. The number of aliphatic hydroxyl groups is 5. The molecule has 13 nitrogen and oxygen atoms in total. The monoisotopic (exact) mass is 889 g/mol. The van der Waals surface area contributed by atoms with Crippen LogP contribution in [0.2, 0.25) is 0 Å². The minimum atomic E-state index is -5.13. The molecule has 0 aliphatic heterocycles. The van der Waals surface area contributed by atoms with E-state index in [-0.39, 0.29) is 12.8 Å². The molecule has 0 aromatic carbocycles. The average molecular weight is 889 g/mol. The van der Waals surface area contributed by atoms with Crippen molar-refractivity contribution >= 4 is 19.8 Å². The summed E-state index contributed by atoms with van der Waals surface area (Å²) in [4.78, 5) is 35.7. The van der Waals surface area contributed by atoms with Crippen molar-refractivity contribution in [3.05, 3.63) is 36.5 Å². The average Bonchev–Trinajstić information content (AvgIpc) is 3.24. The molecular weight excluding hydrogens is 803 g/mol. The quantitative estimate of drug-likeness (QED) is 0.0147. The molecule has 0 aromatic rings. The first-order valence-corrected chi connectivity index (χ1v) is 25.3. The Labute approximate surface area is 368 Å². The van der Waals surface area contributed by atoms with Crippen molar-refractivity contribution in [2.45, 2.75) is 236 Å². The third-order valence-electron chi connectivity index (χ3n) is 11.0. The molecule has 0 amide bonds. The molecule has 0 heterocycles. The van der Waals surface area contributed by atoms with E-state index in [9.17, 15) is 44.6 Å². The molecule has 1 aliphatic rings. The summed E-state index contributed by atoms with van der Waals surface area (Å²) in [6, 6.07) is 0. The van der Waals surface area contributed by atoms with E-state index in [0.717, 1.165) is 51.4 Å². The summed E-state index contributed by atoms with van der Waals surface area (Å²) in [6.45, 7) is 3.25. The predicted octanol–water partition coefficient (Wildman–Crippen LogP) is 9.39. The third kappa shape index (κ3) is 30.0. The van der Waals surface area contributed by atoms with Gasteiger partial charge in [0.15, 0.2) is 6.10 Å². The number of aliphatic hydroxyl groups excluding tert-OH is 5. The van der Waals surface area contributed by atoms with Crippen LogP contribution in [0.4, 0.5) is 0 Å². The highest BCUT2D eigenvalue weighted by atomic mass is 31.2. The van der Waals surface area contributed by atoms with E-state index in [1.807, 2.05) is 6.08 Å². The Morgan fingerprint density at radius 1 is 0.508 bits per heavy atom. The highest BCUT2D eigenvalue weighted by Crippen LogP contribution is 2.47. The van der Waals surface area contributed by atoms with Gasteiger partial charge in [0.2, 0.25) is 0 Å². The summed E-state index contributed by atoms with van der Waals surface area (Å²) in [5, 5.41) is 50.1. The molecule has 0 radical (unpaired) electrons. The zero-order valence-corrected chi connectivity index (χ0v) is 38.6. The predicted molar refractivity (Wildman–Crippen MR) is 240 cm³/mol. The lowest BCUT2D eigenvalue weighted by Gasteiger charge is -2.41. The summed E-state index contributed by atoms with van der Waals surface area (Å²) in [5.74, 6) is -1.16. The molecule has 0 saturated heterocycles. The Morgan fingerprint density at radius 2 is 0.902 bits per heavy atom. The lowest BCUT2D eigenvalue weighted by Crippen LogP contribution is -2.64. The lowest BCUT2D eigenvalue weighted by atomic mass is 9.85. The van der Waals surface area contributed by atoms with Crippen molar-refractivity contribution in [2.24, 2.45) is 0 Å². The molecule has 1 fully saturated rings. The molecule has 0 bridgehead atoms. The summed E-state index contributed by atoms with van der Waals surface area (Å²) < 4.78 is 33.5. The van der Waals surface area contributed by atoms with Crippen LogP contribution in [0.25, 0.3) is 0 Å². The lowest BCUT2D eigenvalue weighted by molar-refractivity contribution is -0.220. The summed E-state index contributed by atoms with van der Waals surface area (Å²) in [5.41, 5.74) is 0. The van der Waals surface area contributed by atoms with Crippen LogP contribution >= 0.6 is 7.82 Å². The number of allylic oxidation sites excluding steroid dienone is 6. The number of esters is 2. The first-order valence-electron chi connectivity index (χ1n) is 23.8. The van der Waals surface area contributed by atoms with Gasteiger partial charge in [-0.05, 0) is 64.2 Å². The maximum absolute atomic E-state index is 12.8. The van der Waals surface area contributed by atoms with Crippen LogP contribution in [-0.4, -0.2) is 98.3 Å². The molecule has 1 aliphatic carbocycles. The fraction of sp³-hybridized carbons (Fsp3) is 0.830. The van der Waals surface area contributed by atoms with Crippen LogP contribution in [0.5, 0.6) is 0 Å². The number of phosphoric ester groups is 1. The minimum Gasteiger partial charge on any atom is -0.462 e. The molecule has 1 saturated carbocycles. The normalized spacial score (nSPS) is 22.3. The Kier molecular flexibility index (Phi) is 35.0. The maximum atomic E-state index is 12.8. The van der Waals surface area contributed by atoms with Gasteiger partial charge in [0.05, 0.1) is 6.61 Å². The molecule has 6 unspecified atom stereocenters.